The van der Waals surface area contributed by atoms with Crippen molar-refractivity contribution in [2.24, 2.45) is 5.73 Å². The second kappa shape index (κ2) is 9.60. The first-order valence-corrected chi connectivity index (χ1v) is 6.82. The molecule has 0 saturated carbocycles. The van der Waals surface area contributed by atoms with Gasteiger partial charge >= 0.3 is 0 Å². The molecule has 0 bridgehead atoms. The molecular formula is C14H21Cl2N3O2. The van der Waals surface area contributed by atoms with Crippen LogP contribution >= 0.6 is 24.0 Å². The molecular weight excluding hydrogens is 313 g/mol. The summed E-state index contributed by atoms with van der Waals surface area (Å²) in [6.45, 7) is 4.13. The smallest absolute Gasteiger partial charge is 0.242 e. The van der Waals surface area contributed by atoms with Crippen molar-refractivity contribution in [3.63, 3.8) is 0 Å². The highest BCUT2D eigenvalue weighted by Gasteiger charge is 2.17. The summed E-state index contributed by atoms with van der Waals surface area (Å²) in [4.78, 5) is 24.9. The number of carbonyl (C=O) groups excluding carboxylic acids is 2. The Morgan fingerprint density at radius 3 is 2.57 bits per heavy atom. The Hall–Kier alpha value is -1.30. The van der Waals surface area contributed by atoms with Gasteiger partial charge in [0.1, 0.15) is 0 Å². The summed E-state index contributed by atoms with van der Waals surface area (Å²) in [5.41, 5.74) is 6.13. The highest BCUT2D eigenvalue weighted by atomic mass is 35.5. The minimum atomic E-state index is -0.343. The van der Waals surface area contributed by atoms with Crippen LogP contribution in [0.1, 0.15) is 19.4 Å². The van der Waals surface area contributed by atoms with Gasteiger partial charge in [-0.3, -0.25) is 9.59 Å². The molecule has 0 unspecified atom stereocenters. The lowest BCUT2D eigenvalue weighted by atomic mass is 10.2. The highest BCUT2D eigenvalue weighted by molar-refractivity contribution is 6.30. The zero-order chi connectivity index (χ0) is 15.1. The van der Waals surface area contributed by atoms with E-state index in [1.165, 1.54) is 0 Å². The largest absolute Gasteiger partial charge is 0.346 e. The van der Waals surface area contributed by atoms with Gasteiger partial charge in [0.15, 0.2) is 0 Å². The standard InChI is InChI=1S/C14H20ClN3O2.ClH/c1-10(2)18(14(20)8-17-13(19)7-16)9-11-4-3-5-12(15)6-11;/h3-6,10H,7-9,16H2,1-2H3,(H,17,19);1H. The van der Waals surface area contributed by atoms with Crippen LogP contribution in [0.5, 0.6) is 0 Å². The van der Waals surface area contributed by atoms with Crippen molar-refractivity contribution in [2.75, 3.05) is 13.1 Å². The van der Waals surface area contributed by atoms with E-state index >= 15 is 0 Å². The number of benzene rings is 1. The Kier molecular flexibility index (Phi) is 9.01. The van der Waals surface area contributed by atoms with Crippen molar-refractivity contribution in [3.05, 3.63) is 34.9 Å². The van der Waals surface area contributed by atoms with Crippen molar-refractivity contribution in [3.8, 4) is 0 Å². The van der Waals surface area contributed by atoms with E-state index in [9.17, 15) is 9.59 Å². The van der Waals surface area contributed by atoms with Crippen molar-refractivity contribution in [2.45, 2.75) is 26.4 Å². The molecule has 0 aliphatic carbocycles. The van der Waals surface area contributed by atoms with Gasteiger partial charge in [-0.25, -0.2) is 0 Å². The molecule has 0 spiro atoms. The van der Waals surface area contributed by atoms with Crippen molar-refractivity contribution in [1.29, 1.82) is 0 Å². The van der Waals surface area contributed by atoms with E-state index in [0.717, 1.165) is 5.56 Å². The number of hydrogen-bond acceptors (Lipinski definition) is 3. The van der Waals surface area contributed by atoms with E-state index < -0.39 is 0 Å². The van der Waals surface area contributed by atoms with Gasteiger partial charge in [0, 0.05) is 17.6 Å². The SMILES string of the molecule is CC(C)N(Cc1cccc(Cl)c1)C(=O)CNC(=O)CN.Cl. The summed E-state index contributed by atoms with van der Waals surface area (Å²) in [5, 5.41) is 3.12. The summed E-state index contributed by atoms with van der Waals surface area (Å²) in [7, 11) is 0. The Morgan fingerprint density at radius 2 is 2.05 bits per heavy atom. The van der Waals surface area contributed by atoms with Crippen LogP contribution < -0.4 is 11.1 Å². The number of hydrogen-bond donors (Lipinski definition) is 2. The lowest BCUT2D eigenvalue weighted by Crippen LogP contribution is -2.44. The van der Waals surface area contributed by atoms with Crippen LogP contribution in [-0.4, -0.2) is 35.8 Å². The maximum atomic E-state index is 12.1. The number of carbonyl (C=O) groups is 2. The monoisotopic (exact) mass is 333 g/mol. The summed E-state index contributed by atoms with van der Waals surface area (Å²) >= 11 is 5.93. The maximum absolute atomic E-state index is 12.1. The third-order valence-electron chi connectivity index (χ3n) is 2.81. The van der Waals surface area contributed by atoms with Gasteiger partial charge in [0.2, 0.25) is 11.8 Å². The Balaban J connectivity index is 0.00000400. The zero-order valence-electron chi connectivity index (χ0n) is 12.1. The molecule has 5 nitrogen and oxygen atoms in total. The average Bonchev–Trinajstić information content (AvgIpc) is 2.41. The highest BCUT2D eigenvalue weighted by Crippen LogP contribution is 2.14. The first kappa shape index (κ1) is 19.7. The Bertz CT molecular complexity index is 481. The van der Waals surface area contributed by atoms with Crippen LogP contribution in [-0.2, 0) is 16.1 Å². The van der Waals surface area contributed by atoms with Gasteiger partial charge in [-0.15, -0.1) is 12.4 Å². The lowest BCUT2D eigenvalue weighted by molar-refractivity contribution is -0.134. The number of amides is 2. The Morgan fingerprint density at radius 1 is 1.38 bits per heavy atom. The fourth-order valence-electron chi connectivity index (χ4n) is 1.74. The third-order valence-corrected chi connectivity index (χ3v) is 3.04. The molecule has 0 atom stereocenters. The van der Waals surface area contributed by atoms with Crippen LogP contribution in [0, 0.1) is 0 Å². The van der Waals surface area contributed by atoms with Gasteiger partial charge in [-0.1, -0.05) is 23.7 Å². The first-order chi connectivity index (χ1) is 9.43. The Labute approximate surface area is 136 Å². The third kappa shape index (κ3) is 6.80. The molecule has 3 N–H and O–H groups in total. The second-order valence-corrected chi connectivity index (χ2v) is 5.16. The average molecular weight is 334 g/mol. The summed E-state index contributed by atoms with van der Waals surface area (Å²) in [6.07, 6.45) is 0. The number of nitrogens with two attached hydrogens (primary N) is 1. The van der Waals surface area contributed by atoms with E-state index in [1.807, 2.05) is 32.0 Å². The molecule has 0 fully saturated rings. The first-order valence-electron chi connectivity index (χ1n) is 6.44. The van der Waals surface area contributed by atoms with E-state index in [0.29, 0.717) is 11.6 Å². The summed E-state index contributed by atoms with van der Waals surface area (Å²) in [6, 6.07) is 7.39. The van der Waals surface area contributed by atoms with E-state index in [2.05, 4.69) is 5.32 Å². The quantitative estimate of drug-likeness (QED) is 0.829. The van der Waals surface area contributed by atoms with Crippen LogP contribution in [0.25, 0.3) is 0 Å². The topological polar surface area (TPSA) is 75.4 Å². The molecule has 0 aromatic heterocycles. The van der Waals surface area contributed by atoms with Gasteiger partial charge in [-0.05, 0) is 31.5 Å². The molecule has 21 heavy (non-hydrogen) atoms. The van der Waals surface area contributed by atoms with Gasteiger partial charge in [-0.2, -0.15) is 0 Å². The lowest BCUT2D eigenvalue weighted by Gasteiger charge is -2.27. The van der Waals surface area contributed by atoms with E-state index in [4.69, 9.17) is 17.3 Å². The molecule has 118 valence electrons. The molecule has 1 rings (SSSR count). The normalized spacial score (nSPS) is 9.95. The number of nitrogens with zero attached hydrogens (tertiary/aromatic N) is 1. The zero-order valence-corrected chi connectivity index (χ0v) is 13.7. The number of nitrogens with one attached hydrogen (secondary N) is 1. The molecule has 0 aliphatic rings. The van der Waals surface area contributed by atoms with Crippen LogP contribution in [0.4, 0.5) is 0 Å². The molecule has 0 radical (unpaired) electrons. The van der Waals surface area contributed by atoms with Gasteiger partial charge in [0.25, 0.3) is 0 Å². The van der Waals surface area contributed by atoms with Crippen LogP contribution in [0.3, 0.4) is 0 Å². The van der Waals surface area contributed by atoms with Crippen LogP contribution in [0.2, 0.25) is 5.02 Å². The second-order valence-electron chi connectivity index (χ2n) is 4.73. The molecule has 1 aromatic rings. The molecule has 0 heterocycles. The molecule has 7 heteroatoms. The van der Waals surface area contributed by atoms with Gasteiger partial charge in [0.05, 0.1) is 13.1 Å². The fraction of sp³-hybridized carbons (Fsp3) is 0.429. The minimum absolute atomic E-state index is 0. The predicted molar refractivity (Wildman–Crippen MR) is 86.5 cm³/mol. The molecule has 0 saturated heterocycles. The fourth-order valence-corrected chi connectivity index (χ4v) is 1.95. The van der Waals surface area contributed by atoms with Gasteiger partial charge < -0.3 is 16.0 Å². The molecule has 0 aliphatic heterocycles. The van der Waals surface area contributed by atoms with E-state index in [-0.39, 0.29) is 43.4 Å². The van der Waals surface area contributed by atoms with Crippen molar-refractivity contribution < 1.29 is 9.59 Å². The summed E-state index contributed by atoms with van der Waals surface area (Å²) < 4.78 is 0. The maximum Gasteiger partial charge on any atom is 0.242 e. The minimum Gasteiger partial charge on any atom is -0.346 e. The number of rotatable bonds is 6. The predicted octanol–water partition coefficient (Wildman–Crippen LogP) is 1.57. The molecule has 1 aromatic carbocycles. The van der Waals surface area contributed by atoms with Crippen molar-refractivity contribution >= 4 is 35.8 Å². The van der Waals surface area contributed by atoms with Crippen LogP contribution in [0.15, 0.2) is 24.3 Å². The van der Waals surface area contributed by atoms with Crippen molar-refractivity contribution in [1.82, 2.24) is 10.2 Å². The van der Waals surface area contributed by atoms with E-state index in [1.54, 1.807) is 11.0 Å². The number of halogens is 2. The summed E-state index contributed by atoms with van der Waals surface area (Å²) in [5.74, 6) is -0.494. The molecule has 2 amide bonds.